The lowest BCUT2D eigenvalue weighted by atomic mass is 9.98. The van der Waals surface area contributed by atoms with Gasteiger partial charge in [-0.05, 0) is 13.8 Å². The molecular formula is C17H24FN5O5. The summed E-state index contributed by atoms with van der Waals surface area (Å²) >= 11 is 0. The smallest absolute Gasteiger partial charge is 0.308 e. The number of hydrogen-bond donors (Lipinski definition) is 2. The van der Waals surface area contributed by atoms with Crippen LogP contribution in [0.25, 0.3) is 11.2 Å². The van der Waals surface area contributed by atoms with Crippen LogP contribution in [0.3, 0.4) is 0 Å². The van der Waals surface area contributed by atoms with Crippen molar-refractivity contribution in [1.82, 2.24) is 19.5 Å². The summed E-state index contributed by atoms with van der Waals surface area (Å²) in [5.41, 5.74) is 4.07. The number of aliphatic hydroxyl groups excluding tert-OH is 1. The molecule has 1 saturated heterocycles. The summed E-state index contributed by atoms with van der Waals surface area (Å²) in [6, 6.07) is 0. The van der Waals surface area contributed by atoms with E-state index in [1.807, 2.05) is 0 Å². The molecule has 1 fully saturated rings. The number of carbonyl (C=O) groups excluding carboxylic acids is 1. The van der Waals surface area contributed by atoms with Crippen molar-refractivity contribution in [2.24, 2.45) is 5.92 Å². The van der Waals surface area contributed by atoms with Crippen LogP contribution < -0.4 is 10.5 Å². The lowest BCUT2D eigenvalue weighted by molar-refractivity contribution is -0.162. The topological polar surface area (TPSA) is 135 Å². The van der Waals surface area contributed by atoms with Crippen molar-refractivity contribution in [2.45, 2.75) is 51.8 Å². The zero-order valence-corrected chi connectivity index (χ0v) is 16.1. The molecule has 0 bridgehead atoms. The van der Waals surface area contributed by atoms with Crippen LogP contribution >= 0.6 is 0 Å². The Hall–Kier alpha value is -2.53. The second kappa shape index (κ2) is 7.47. The van der Waals surface area contributed by atoms with E-state index in [0.717, 1.165) is 0 Å². The molecular weight excluding hydrogens is 373 g/mol. The summed E-state index contributed by atoms with van der Waals surface area (Å²) in [6.07, 6.45) is -2.29. The Morgan fingerprint density at radius 1 is 1.50 bits per heavy atom. The van der Waals surface area contributed by atoms with E-state index >= 15 is 4.39 Å². The highest BCUT2D eigenvalue weighted by molar-refractivity contribution is 5.77. The van der Waals surface area contributed by atoms with Crippen LogP contribution in [0.1, 0.15) is 33.9 Å². The van der Waals surface area contributed by atoms with E-state index in [0.29, 0.717) is 12.1 Å². The van der Waals surface area contributed by atoms with E-state index in [4.69, 9.17) is 19.9 Å². The molecule has 0 saturated carbocycles. The van der Waals surface area contributed by atoms with Crippen molar-refractivity contribution < 1.29 is 28.5 Å². The standard InChI is InChI=1S/C17H24FN5O5/c1-5-26-13-10-12(21-16(19)22-13)23(7-20-10)15-17(4,18)11(9(6-24)27-15)28-14(25)8(2)3/h7-9,11,15,24H,5-6H2,1-4H3,(H2,19,21,22)/t9-,11-,15-,17-/m1/s1. The normalized spacial score (nSPS) is 27.5. The summed E-state index contributed by atoms with van der Waals surface area (Å²) in [6.45, 7) is 6.10. The number of ether oxygens (including phenoxy) is 3. The third-order valence-electron chi connectivity index (χ3n) is 4.52. The molecule has 154 valence electrons. The number of fused-ring (bicyclic) bond motifs is 1. The van der Waals surface area contributed by atoms with Gasteiger partial charge in [-0.25, -0.2) is 9.37 Å². The van der Waals surface area contributed by atoms with Gasteiger partial charge in [-0.3, -0.25) is 9.36 Å². The third-order valence-corrected chi connectivity index (χ3v) is 4.52. The van der Waals surface area contributed by atoms with Crippen LogP contribution in [0, 0.1) is 5.92 Å². The molecule has 11 heteroatoms. The maximum absolute atomic E-state index is 15.8. The number of alkyl halides is 1. The summed E-state index contributed by atoms with van der Waals surface area (Å²) in [5, 5.41) is 9.63. The van der Waals surface area contributed by atoms with Crippen molar-refractivity contribution in [3.05, 3.63) is 6.33 Å². The summed E-state index contributed by atoms with van der Waals surface area (Å²) in [5.74, 6) is -0.941. The molecule has 2 aromatic rings. The predicted octanol–water partition coefficient (Wildman–Crippen LogP) is 0.993. The fourth-order valence-corrected chi connectivity index (χ4v) is 3.12. The van der Waals surface area contributed by atoms with Crippen molar-refractivity contribution in [3.8, 4) is 5.88 Å². The van der Waals surface area contributed by atoms with Gasteiger partial charge in [0.25, 0.3) is 0 Å². The maximum Gasteiger partial charge on any atom is 0.308 e. The third kappa shape index (κ3) is 3.35. The Labute approximate surface area is 160 Å². The molecule has 0 radical (unpaired) electrons. The molecule has 1 aliphatic rings. The van der Waals surface area contributed by atoms with Gasteiger partial charge in [0.1, 0.15) is 6.10 Å². The Morgan fingerprint density at radius 3 is 2.82 bits per heavy atom. The van der Waals surface area contributed by atoms with Crippen LogP contribution in [0.4, 0.5) is 10.3 Å². The maximum atomic E-state index is 15.8. The lowest BCUT2D eigenvalue weighted by Gasteiger charge is -2.28. The molecule has 0 spiro atoms. The number of carbonyl (C=O) groups is 1. The number of nitrogen functional groups attached to an aromatic ring is 1. The molecule has 1 aliphatic heterocycles. The molecule has 0 amide bonds. The fraction of sp³-hybridized carbons (Fsp3) is 0.647. The number of imidazole rings is 1. The van der Waals surface area contributed by atoms with Crippen molar-refractivity contribution >= 4 is 23.1 Å². The lowest BCUT2D eigenvalue weighted by Crippen LogP contribution is -2.44. The first-order valence-electron chi connectivity index (χ1n) is 8.99. The first kappa shape index (κ1) is 20.2. The molecule has 2 aromatic heterocycles. The first-order chi connectivity index (χ1) is 13.2. The quantitative estimate of drug-likeness (QED) is 0.684. The zero-order chi connectivity index (χ0) is 20.6. The number of nitrogens with zero attached hydrogens (tertiary/aromatic N) is 4. The highest BCUT2D eigenvalue weighted by Crippen LogP contribution is 2.44. The van der Waals surface area contributed by atoms with Crippen LogP contribution in [0.5, 0.6) is 5.88 Å². The van der Waals surface area contributed by atoms with E-state index in [9.17, 15) is 9.90 Å². The second-order valence-electron chi connectivity index (χ2n) is 7.02. The number of anilines is 1. The molecule has 0 unspecified atom stereocenters. The number of halogens is 1. The Kier molecular flexibility index (Phi) is 5.39. The molecule has 3 heterocycles. The number of hydrogen-bond acceptors (Lipinski definition) is 9. The van der Waals surface area contributed by atoms with Crippen molar-refractivity contribution in [2.75, 3.05) is 18.9 Å². The van der Waals surface area contributed by atoms with E-state index in [2.05, 4.69) is 15.0 Å². The zero-order valence-electron chi connectivity index (χ0n) is 16.1. The number of esters is 1. The summed E-state index contributed by atoms with van der Waals surface area (Å²) in [4.78, 5) is 24.3. The van der Waals surface area contributed by atoms with Gasteiger partial charge in [-0.15, -0.1) is 0 Å². The molecule has 0 aromatic carbocycles. The average molecular weight is 397 g/mol. The SMILES string of the molecule is CCOc1nc(N)nc2c1ncn2[C@@H]1O[C@H](CO)[C@@H](OC(=O)C(C)C)[C@@]1(C)F. The Morgan fingerprint density at radius 2 is 2.21 bits per heavy atom. The van der Waals surface area contributed by atoms with Crippen molar-refractivity contribution in [3.63, 3.8) is 0 Å². The predicted molar refractivity (Wildman–Crippen MR) is 96.1 cm³/mol. The van der Waals surface area contributed by atoms with Gasteiger partial charge in [0.05, 0.1) is 25.5 Å². The highest BCUT2D eigenvalue weighted by atomic mass is 19.1. The van der Waals surface area contributed by atoms with Crippen molar-refractivity contribution in [1.29, 1.82) is 0 Å². The van der Waals surface area contributed by atoms with E-state index < -0.39 is 42.6 Å². The highest BCUT2D eigenvalue weighted by Gasteiger charge is 2.58. The summed E-state index contributed by atoms with van der Waals surface area (Å²) < 4.78 is 33.5. The minimum Gasteiger partial charge on any atom is -0.476 e. The molecule has 3 rings (SSSR count). The van der Waals surface area contributed by atoms with Gasteiger partial charge >= 0.3 is 5.97 Å². The van der Waals surface area contributed by atoms with Crippen LogP contribution in [-0.2, 0) is 14.3 Å². The van der Waals surface area contributed by atoms with Gasteiger partial charge in [-0.2, -0.15) is 9.97 Å². The van der Waals surface area contributed by atoms with Gasteiger partial charge in [0, 0.05) is 0 Å². The van der Waals surface area contributed by atoms with Crippen LogP contribution in [0.15, 0.2) is 6.33 Å². The molecule has 3 N–H and O–H groups in total. The van der Waals surface area contributed by atoms with Crippen LogP contribution in [0.2, 0.25) is 0 Å². The molecule has 4 atom stereocenters. The van der Waals surface area contributed by atoms with Crippen LogP contribution in [-0.4, -0.2) is 61.7 Å². The number of aromatic nitrogens is 4. The minimum atomic E-state index is -2.17. The molecule has 28 heavy (non-hydrogen) atoms. The average Bonchev–Trinajstić information content (AvgIpc) is 3.14. The largest absolute Gasteiger partial charge is 0.476 e. The van der Waals surface area contributed by atoms with E-state index in [1.54, 1.807) is 20.8 Å². The summed E-state index contributed by atoms with van der Waals surface area (Å²) in [7, 11) is 0. The van der Waals surface area contributed by atoms with E-state index in [1.165, 1.54) is 17.8 Å². The molecule has 10 nitrogen and oxygen atoms in total. The number of aliphatic hydroxyl groups is 1. The minimum absolute atomic E-state index is 0.0715. The van der Waals surface area contributed by atoms with Gasteiger partial charge in [-0.1, -0.05) is 13.8 Å². The van der Waals surface area contributed by atoms with Gasteiger partial charge in [0.15, 0.2) is 29.2 Å². The Bertz CT molecular complexity index is 871. The van der Waals surface area contributed by atoms with E-state index in [-0.39, 0.29) is 17.5 Å². The fourth-order valence-electron chi connectivity index (χ4n) is 3.12. The second-order valence-corrected chi connectivity index (χ2v) is 7.02. The number of nitrogens with two attached hydrogens (primary N) is 1. The first-order valence-corrected chi connectivity index (χ1v) is 8.99. The Balaban J connectivity index is 2.03. The molecule has 0 aliphatic carbocycles. The van der Waals surface area contributed by atoms with Gasteiger partial charge in [0.2, 0.25) is 11.8 Å². The number of rotatable bonds is 6. The monoisotopic (exact) mass is 397 g/mol. The van der Waals surface area contributed by atoms with Gasteiger partial charge < -0.3 is 25.1 Å².